The molecule has 190 valence electrons. The number of ether oxygens (including phenoxy) is 1. The van der Waals surface area contributed by atoms with Gasteiger partial charge in [0.05, 0.1) is 4.91 Å². The highest BCUT2D eigenvalue weighted by atomic mass is 79.9. The number of halogens is 2. The van der Waals surface area contributed by atoms with E-state index in [1.807, 2.05) is 42.5 Å². The quantitative estimate of drug-likeness (QED) is 0.235. The Balaban J connectivity index is 1.30. The Labute approximate surface area is 230 Å². The number of anilines is 1. The van der Waals surface area contributed by atoms with Crippen LogP contribution in [0.3, 0.4) is 0 Å². The lowest BCUT2D eigenvalue weighted by molar-refractivity contribution is -0.127. The average molecular weight is 591 g/mol. The van der Waals surface area contributed by atoms with Crippen LogP contribution in [0.2, 0.25) is 0 Å². The molecule has 0 spiro atoms. The third kappa shape index (κ3) is 5.95. The highest BCUT2D eigenvalue weighted by Gasteiger charge is 2.36. The summed E-state index contributed by atoms with van der Waals surface area (Å²) in [5, 5.41) is 4.18. The van der Waals surface area contributed by atoms with Crippen LogP contribution in [-0.4, -0.2) is 28.5 Å². The molecule has 0 aromatic heterocycles. The Kier molecular flexibility index (Phi) is 7.57. The summed E-state index contributed by atoms with van der Waals surface area (Å²) in [4.78, 5) is 39.0. The van der Waals surface area contributed by atoms with Crippen molar-refractivity contribution >= 4 is 67.3 Å². The van der Waals surface area contributed by atoms with E-state index in [0.29, 0.717) is 17.9 Å². The molecule has 9 heteroatoms. The van der Waals surface area contributed by atoms with E-state index < -0.39 is 29.4 Å². The molecule has 0 unspecified atom stereocenters. The van der Waals surface area contributed by atoms with E-state index in [-0.39, 0.29) is 10.6 Å². The summed E-state index contributed by atoms with van der Waals surface area (Å²) in [6.07, 6.45) is 1.58. The fourth-order valence-corrected chi connectivity index (χ4v) is 5.15. The number of hydrogen-bond acceptors (Lipinski definition) is 5. The lowest BCUT2D eigenvalue weighted by Gasteiger charge is -2.13. The van der Waals surface area contributed by atoms with Gasteiger partial charge in [-0.3, -0.25) is 19.3 Å². The molecule has 1 aliphatic heterocycles. The van der Waals surface area contributed by atoms with Gasteiger partial charge >= 0.3 is 0 Å². The molecule has 0 aliphatic carbocycles. The normalized spacial score (nSPS) is 14.4. The minimum Gasteiger partial charge on any atom is -0.488 e. The molecule has 1 fully saturated rings. The fraction of sp³-hybridized carbons (Fsp3) is 0.0690. The zero-order valence-electron chi connectivity index (χ0n) is 19.8. The maximum atomic E-state index is 13.4. The Morgan fingerprint density at radius 1 is 0.974 bits per heavy atom. The number of carbonyl (C=O) groups excluding carboxylic acids is 3. The highest BCUT2D eigenvalue weighted by Crippen LogP contribution is 2.35. The summed E-state index contributed by atoms with van der Waals surface area (Å²) in [6.45, 7) is -0.169. The van der Waals surface area contributed by atoms with Gasteiger partial charge in [0.2, 0.25) is 5.91 Å². The topological polar surface area (TPSA) is 75.7 Å². The molecule has 0 bridgehead atoms. The largest absolute Gasteiger partial charge is 0.488 e. The Morgan fingerprint density at radius 3 is 2.61 bits per heavy atom. The number of hydrogen-bond donors (Lipinski definition) is 1. The van der Waals surface area contributed by atoms with Crippen molar-refractivity contribution < 1.29 is 23.5 Å². The molecule has 0 atom stereocenters. The van der Waals surface area contributed by atoms with Gasteiger partial charge in [-0.2, -0.15) is 0 Å². The summed E-state index contributed by atoms with van der Waals surface area (Å²) < 4.78 is 20.2. The molecule has 0 saturated carbocycles. The Bertz CT molecular complexity index is 1610. The van der Waals surface area contributed by atoms with E-state index >= 15 is 0 Å². The first kappa shape index (κ1) is 25.7. The molecule has 4 aromatic carbocycles. The van der Waals surface area contributed by atoms with Crippen molar-refractivity contribution in [3.05, 3.63) is 111 Å². The van der Waals surface area contributed by atoms with Crippen molar-refractivity contribution in [2.24, 2.45) is 0 Å². The van der Waals surface area contributed by atoms with Crippen LogP contribution < -0.4 is 10.1 Å². The second-order valence-corrected chi connectivity index (χ2v) is 10.4. The Morgan fingerprint density at radius 2 is 1.79 bits per heavy atom. The molecular formula is C29H20BrFN2O4S. The molecule has 1 saturated heterocycles. The Hall–Kier alpha value is -3.95. The van der Waals surface area contributed by atoms with E-state index in [1.165, 1.54) is 18.2 Å². The minimum absolute atomic E-state index is 0.169. The molecule has 5 rings (SSSR count). The van der Waals surface area contributed by atoms with Crippen molar-refractivity contribution in [1.29, 1.82) is 0 Å². The number of benzene rings is 4. The van der Waals surface area contributed by atoms with E-state index in [9.17, 15) is 18.8 Å². The second-order valence-electron chi connectivity index (χ2n) is 8.48. The number of carbonyl (C=O) groups is 3. The van der Waals surface area contributed by atoms with Crippen molar-refractivity contribution in [3.8, 4) is 5.75 Å². The van der Waals surface area contributed by atoms with E-state index in [4.69, 9.17) is 4.74 Å². The van der Waals surface area contributed by atoms with Gasteiger partial charge in [-0.25, -0.2) is 4.39 Å². The molecular weight excluding hydrogens is 571 g/mol. The van der Waals surface area contributed by atoms with Crippen LogP contribution in [0.4, 0.5) is 14.9 Å². The van der Waals surface area contributed by atoms with Gasteiger partial charge in [-0.1, -0.05) is 58.4 Å². The number of thioether (sulfide) groups is 1. The monoisotopic (exact) mass is 590 g/mol. The first-order valence-corrected chi connectivity index (χ1v) is 13.2. The van der Waals surface area contributed by atoms with Crippen LogP contribution >= 0.6 is 27.7 Å². The minimum atomic E-state index is -0.610. The summed E-state index contributed by atoms with van der Waals surface area (Å²) in [5.74, 6) is -1.17. The van der Waals surface area contributed by atoms with Gasteiger partial charge in [-0.05, 0) is 76.6 Å². The first-order chi connectivity index (χ1) is 18.4. The number of nitrogens with zero attached hydrogens (tertiary/aromatic N) is 1. The SMILES string of the molecule is O=C(CN1C(=O)S/C(=C/c2cc(Br)ccc2OCc2ccc3ccccc3c2)C1=O)Nc1cccc(F)c1. The lowest BCUT2D eigenvalue weighted by Crippen LogP contribution is -2.36. The number of rotatable bonds is 7. The zero-order chi connectivity index (χ0) is 26.6. The lowest BCUT2D eigenvalue weighted by atomic mass is 10.1. The third-order valence-corrected chi connectivity index (χ3v) is 7.15. The third-order valence-electron chi connectivity index (χ3n) is 5.75. The molecule has 0 radical (unpaired) electrons. The van der Waals surface area contributed by atoms with Crippen molar-refractivity contribution in [1.82, 2.24) is 4.90 Å². The fourth-order valence-electron chi connectivity index (χ4n) is 3.94. The highest BCUT2D eigenvalue weighted by molar-refractivity contribution is 9.10. The zero-order valence-corrected chi connectivity index (χ0v) is 22.2. The molecule has 1 N–H and O–H groups in total. The molecule has 4 aromatic rings. The van der Waals surface area contributed by atoms with Gasteiger partial charge in [-0.15, -0.1) is 0 Å². The van der Waals surface area contributed by atoms with Crippen molar-refractivity contribution in [2.75, 3.05) is 11.9 Å². The second kappa shape index (κ2) is 11.2. The average Bonchev–Trinajstić information content (AvgIpc) is 3.15. The number of imide groups is 1. The van der Waals surface area contributed by atoms with Gasteiger partial charge in [0.25, 0.3) is 11.1 Å². The predicted octanol–water partition coefficient (Wildman–Crippen LogP) is 7.00. The van der Waals surface area contributed by atoms with Crippen LogP contribution in [0.25, 0.3) is 16.8 Å². The van der Waals surface area contributed by atoms with Crippen LogP contribution in [0.15, 0.2) is 94.3 Å². The van der Waals surface area contributed by atoms with E-state index in [0.717, 1.165) is 43.5 Å². The van der Waals surface area contributed by atoms with Gasteiger partial charge in [0.1, 0.15) is 24.7 Å². The number of amides is 3. The standard InChI is InChI=1S/C29H20BrFN2O4S/c30-22-10-11-25(37-17-18-8-9-19-4-1-2-5-20(19)12-18)21(13-22)14-26-28(35)33(29(36)38-26)16-27(34)32-24-7-3-6-23(31)15-24/h1-15H,16-17H2,(H,32,34)/b26-14+. The first-order valence-electron chi connectivity index (χ1n) is 11.6. The molecule has 1 aliphatic rings. The van der Waals surface area contributed by atoms with Gasteiger partial charge in [0.15, 0.2) is 0 Å². The van der Waals surface area contributed by atoms with Crippen molar-refractivity contribution in [3.63, 3.8) is 0 Å². The van der Waals surface area contributed by atoms with E-state index in [2.05, 4.69) is 27.3 Å². The van der Waals surface area contributed by atoms with Crippen LogP contribution in [0.1, 0.15) is 11.1 Å². The van der Waals surface area contributed by atoms with E-state index in [1.54, 1.807) is 18.2 Å². The molecule has 38 heavy (non-hydrogen) atoms. The van der Waals surface area contributed by atoms with Crippen molar-refractivity contribution in [2.45, 2.75) is 6.61 Å². The summed E-state index contributed by atoms with van der Waals surface area (Å²) in [6, 6.07) is 24.9. The van der Waals surface area contributed by atoms with Crippen LogP contribution in [-0.2, 0) is 16.2 Å². The van der Waals surface area contributed by atoms with Gasteiger partial charge in [0, 0.05) is 15.7 Å². The van der Waals surface area contributed by atoms with Crippen LogP contribution in [0.5, 0.6) is 5.75 Å². The maximum Gasteiger partial charge on any atom is 0.294 e. The summed E-state index contributed by atoms with van der Waals surface area (Å²) in [5.41, 5.74) is 1.83. The number of fused-ring (bicyclic) bond motifs is 1. The molecule has 3 amide bonds. The maximum absolute atomic E-state index is 13.4. The molecule has 6 nitrogen and oxygen atoms in total. The smallest absolute Gasteiger partial charge is 0.294 e. The number of nitrogens with one attached hydrogen (secondary N) is 1. The van der Waals surface area contributed by atoms with Gasteiger partial charge < -0.3 is 10.1 Å². The summed E-state index contributed by atoms with van der Waals surface area (Å²) in [7, 11) is 0. The molecule has 1 heterocycles. The predicted molar refractivity (Wildman–Crippen MR) is 150 cm³/mol. The van der Waals surface area contributed by atoms with Crippen LogP contribution in [0, 0.1) is 5.82 Å². The summed E-state index contributed by atoms with van der Waals surface area (Å²) >= 11 is 4.19.